The molecule has 0 bridgehead atoms. The molecule has 1 aliphatic heterocycles. The van der Waals surface area contributed by atoms with Gasteiger partial charge >= 0.3 is 6.03 Å². The van der Waals surface area contributed by atoms with E-state index in [-0.39, 0.29) is 17.9 Å². The van der Waals surface area contributed by atoms with Crippen molar-refractivity contribution in [1.29, 1.82) is 0 Å². The van der Waals surface area contributed by atoms with Crippen molar-refractivity contribution in [3.63, 3.8) is 0 Å². The highest BCUT2D eigenvalue weighted by Gasteiger charge is 2.33. The third kappa shape index (κ3) is 6.57. The van der Waals surface area contributed by atoms with Gasteiger partial charge in [-0.05, 0) is 74.8 Å². The second kappa shape index (κ2) is 10.8. The summed E-state index contributed by atoms with van der Waals surface area (Å²) in [7, 11) is 1.69. The number of Topliss-reactive ketones (excluding diaryl/α,β-unsaturated/α-hetero) is 1. The second-order valence-electron chi connectivity index (χ2n) is 9.33. The molecule has 1 N–H and O–H groups in total. The highest BCUT2D eigenvalue weighted by Crippen LogP contribution is 2.32. The number of nitrogens with zero attached hydrogens (tertiary/aromatic N) is 2. The standard InChI is InChI=1S/C27H35N3O3/c1-20(31)23-4-3-5-24(18-23)28-27(32)30(19-22-6-7-22)25-13-16-29(17-14-25)15-12-21-8-10-26(33-2)11-9-21/h3-5,8-11,18,22,25H,6-7,12-17,19H2,1-2H3,(H,28,32). The summed E-state index contributed by atoms with van der Waals surface area (Å²) in [5.74, 6) is 1.52. The van der Waals surface area contributed by atoms with E-state index in [9.17, 15) is 9.59 Å². The molecule has 2 aromatic carbocycles. The average molecular weight is 450 g/mol. The lowest BCUT2D eigenvalue weighted by molar-refractivity contribution is 0.101. The van der Waals surface area contributed by atoms with Gasteiger partial charge in [0.1, 0.15) is 5.75 Å². The molecule has 176 valence electrons. The summed E-state index contributed by atoms with van der Waals surface area (Å²) in [6.45, 7) is 5.42. The van der Waals surface area contributed by atoms with E-state index in [1.807, 2.05) is 24.3 Å². The van der Waals surface area contributed by atoms with Crippen molar-refractivity contribution in [3.05, 3.63) is 59.7 Å². The fraction of sp³-hybridized carbons (Fsp3) is 0.481. The Morgan fingerprint density at radius 3 is 2.42 bits per heavy atom. The van der Waals surface area contributed by atoms with Crippen LogP contribution >= 0.6 is 0 Å². The monoisotopic (exact) mass is 449 g/mol. The van der Waals surface area contributed by atoms with Gasteiger partial charge in [-0.2, -0.15) is 0 Å². The number of nitrogens with one attached hydrogen (secondary N) is 1. The molecule has 1 aliphatic carbocycles. The zero-order chi connectivity index (χ0) is 23.2. The second-order valence-corrected chi connectivity index (χ2v) is 9.33. The number of methoxy groups -OCH3 is 1. The molecule has 2 fully saturated rings. The van der Waals surface area contributed by atoms with E-state index in [2.05, 4.69) is 27.2 Å². The van der Waals surface area contributed by atoms with Crippen molar-refractivity contribution < 1.29 is 14.3 Å². The van der Waals surface area contributed by atoms with Gasteiger partial charge in [0.2, 0.25) is 0 Å². The van der Waals surface area contributed by atoms with Crippen molar-refractivity contribution in [1.82, 2.24) is 9.80 Å². The van der Waals surface area contributed by atoms with Crippen LogP contribution in [-0.2, 0) is 6.42 Å². The quantitative estimate of drug-likeness (QED) is 0.556. The van der Waals surface area contributed by atoms with Crippen LogP contribution in [0.3, 0.4) is 0 Å². The van der Waals surface area contributed by atoms with Crippen LogP contribution in [0, 0.1) is 5.92 Å². The lowest BCUT2D eigenvalue weighted by Crippen LogP contribution is -2.49. The van der Waals surface area contributed by atoms with Crippen molar-refractivity contribution in [3.8, 4) is 5.75 Å². The van der Waals surface area contributed by atoms with Crippen molar-refractivity contribution in [2.75, 3.05) is 38.6 Å². The fourth-order valence-electron chi connectivity index (χ4n) is 4.52. The smallest absolute Gasteiger partial charge is 0.322 e. The van der Waals surface area contributed by atoms with Crippen LogP contribution < -0.4 is 10.1 Å². The predicted octanol–water partition coefficient (Wildman–Crippen LogP) is 4.85. The number of ether oxygens (including phenoxy) is 1. The molecule has 33 heavy (non-hydrogen) atoms. The summed E-state index contributed by atoms with van der Waals surface area (Å²) in [4.78, 5) is 29.5. The molecule has 0 unspecified atom stereocenters. The average Bonchev–Trinajstić information content (AvgIpc) is 3.66. The van der Waals surface area contributed by atoms with Gasteiger partial charge in [0, 0.05) is 43.5 Å². The largest absolute Gasteiger partial charge is 0.497 e. The maximum absolute atomic E-state index is 13.2. The summed E-state index contributed by atoms with van der Waals surface area (Å²) in [5, 5.41) is 3.05. The zero-order valence-corrected chi connectivity index (χ0v) is 19.8. The van der Waals surface area contributed by atoms with Gasteiger partial charge in [-0.3, -0.25) is 4.79 Å². The number of hydrogen-bond acceptors (Lipinski definition) is 4. The first-order valence-corrected chi connectivity index (χ1v) is 12.1. The van der Waals surface area contributed by atoms with Crippen LogP contribution in [0.15, 0.2) is 48.5 Å². The van der Waals surface area contributed by atoms with E-state index in [1.54, 1.807) is 26.2 Å². The number of ketones is 1. The molecule has 6 heteroatoms. The van der Waals surface area contributed by atoms with E-state index >= 15 is 0 Å². The SMILES string of the molecule is COc1ccc(CCN2CCC(N(CC3CC3)C(=O)Nc3cccc(C(C)=O)c3)CC2)cc1. The Balaban J connectivity index is 1.31. The van der Waals surface area contributed by atoms with Crippen LogP contribution in [0.5, 0.6) is 5.75 Å². The number of likely N-dealkylation sites (tertiary alicyclic amines) is 1. The number of carbonyl (C=O) groups is 2. The maximum atomic E-state index is 13.2. The highest BCUT2D eigenvalue weighted by atomic mass is 16.5. The minimum atomic E-state index is -0.0423. The summed E-state index contributed by atoms with van der Waals surface area (Å²) in [6, 6.07) is 15.7. The molecule has 1 saturated carbocycles. The van der Waals surface area contributed by atoms with Gasteiger partial charge in [0.25, 0.3) is 0 Å². The minimum absolute atomic E-state index is 0.00273. The lowest BCUT2D eigenvalue weighted by Gasteiger charge is -2.38. The summed E-state index contributed by atoms with van der Waals surface area (Å²) >= 11 is 0. The van der Waals surface area contributed by atoms with Gasteiger partial charge < -0.3 is 19.9 Å². The Morgan fingerprint density at radius 1 is 1.06 bits per heavy atom. The maximum Gasteiger partial charge on any atom is 0.322 e. The van der Waals surface area contributed by atoms with Crippen LogP contribution in [0.1, 0.15) is 48.5 Å². The van der Waals surface area contributed by atoms with Gasteiger partial charge in [0.05, 0.1) is 7.11 Å². The van der Waals surface area contributed by atoms with Crippen molar-refractivity contribution in [2.24, 2.45) is 5.92 Å². The van der Waals surface area contributed by atoms with Crippen molar-refractivity contribution >= 4 is 17.5 Å². The minimum Gasteiger partial charge on any atom is -0.497 e. The van der Waals surface area contributed by atoms with Crippen LogP contribution in [0.4, 0.5) is 10.5 Å². The first-order chi connectivity index (χ1) is 16.0. The molecule has 0 radical (unpaired) electrons. The molecule has 4 rings (SSSR count). The summed E-state index contributed by atoms with van der Waals surface area (Å²) < 4.78 is 5.24. The number of piperidine rings is 1. The molecule has 0 atom stereocenters. The molecular formula is C27H35N3O3. The van der Waals surface area contributed by atoms with E-state index in [0.29, 0.717) is 17.2 Å². The number of rotatable bonds is 9. The van der Waals surface area contributed by atoms with Crippen molar-refractivity contribution in [2.45, 2.75) is 45.1 Å². The Hall–Kier alpha value is -2.86. The highest BCUT2D eigenvalue weighted by molar-refractivity contribution is 5.96. The third-order valence-corrected chi connectivity index (χ3v) is 6.81. The Kier molecular flexibility index (Phi) is 7.65. The van der Waals surface area contributed by atoms with Gasteiger partial charge in [-0.15, -0.1) is 0 Å². The Morgan fingerprint density at radius 2 is 1.79 bits per heavy atom. The molecule has 1 heterocycles. The van der Waals surface area contributed by atoms with E-state index in [1.165, 1.54) is 18.4 Å². The fourth-order valence-corrected chi connectivity index (χ4v) is 4.52. The number of urea groups is 1. The molecule has 0 aromatic heterocycles. The topological polar surface area (TPSA) is 61.9 Å². The van der Waals surface area contributed by atoms with E-state index < -0.39 is 0 Å². The Labute approximate surface area is 196 Å². The van der Waals surface area contributed by atoms with Crippen LogP contribution in [0.2, 0.25) is 0 Å². The lowest BCUT2D eigenvalue weighted by atomic mass is 10.0. The number of benzene rings is 2. The zero-order valence-electron chi connectivity index (χ0n) is 19.8. The molecule has 2 aliphatic rings. The molecule has 0 spiro atoms. The third-order valence-electron chi connectivity index (χ3n) is 6.81. The van der Waals surface area contributed by atoms with Gasteiger partial charge in [-0.1, -0.05) is 24.3 Å². The Bertz CT molecular complexity index is 947. The van der Waals surface area contributed by atoms with Gasteiger partial charge in [-0.25, -0.2) is 4.79 Å². The molecular weight excluding hydrogens is 414 g/mol. The predicted molar refractivity (Wildman–Crippen MR) is 131 cm³/mol. The molecule has 2 amide bonds. The number of carbonyl (C=O) groups excluding carboxylic acids is 2. The summed E-state index contributed by atoms with van der Waals surface area (Å²) in [5.41, 5.74) is 2.62. The number of hydrogen-bond donors (Lipinski definition) is 1. The normalized spacial score (nSPS) is 16.9. The molecule has 6 nitrogen and oxygen atoms in total. The summed E-state index contributed by atoms with van der Waals surface area (Å²) in [6.07, 6.45) is 5.44. The first kappa shape index (κ1) is 23.3. The van der Waals surface area contributed by atoms with E-state index in [0.717, 1.165) is 51.2 Å². The van der Waals surface area contributed by atoms with Crippen LogP contribution in [-0.4, -0.2) is 60.9 Å². The molecule has 2 aromatic rings. The van der Waals surface area contributed by atoms with Crippen LogP contribution in [0.25, 0.3) is 0 Å². The van der Waals surface area contributed by atoms with E-state index in [4.69, 9.17) is 4.74 Å². The number of anilines is 1. The molecule has 1 saturated heterocycles. The number of amides is 2. The first-order valence-electron chi connectivity index (χ1n) is 12.1. The van der Waals surface area contributed by atoms with Gasteiger partial charge in [0.15, 0.2) is 5.78 Å².